The molecule has 0 amide bonds. The van der Waals surface area contributed by atoms with Crippen LogP contribution in [0.15, 0.2) is 29.2 Å². The molecule has 2 aliphatic heterocycles. The largest absolute Gasteiger partial charge is 0.497 e. The minimum absolute atomic E-state index is 0.259. The number of sulfonamides is 1. The van der Waals surface area contributed by atoms with Gasteiger partial charge in [0.25, 0.3) is 0 Å². The van der Waals surface area contributed by atoms with E-state index in [1.165, 1.54) is 0 Å². The number of thioether (sulfide) groups is 1. The molecule has 0 bridgehead atoms. The second-order valence-electron chi connectivity index (χ2n) is 5.85. The van der Waals surface area contributed by atoms with E-state index in [9.17, 15) is 8.42 Å². The minimum atomic E-state index is -3.45. The summed E-state index contributed by atoms with van der Waals surface area (Å²) in [5, 5.41) is 0. The molecule has 2 saturated heterocycles. The second-order valence-corrected chi connectivity index (χ2v) is 9.17. The van der Waals surface area contributed by atoms with Gasteiger partial charge in [-0.2, -0.15) is 4.31 Å². The molecule has 0 N–H and O–H groups in total. The molecule has 1 aromatic rings. The van der Waals surface area contributed by atoms with Crippen LogP contribution in [-0.2, 0) is 10.0 Å². The fourth-order valence-corrected chi connectivity index (χ4v) is 6.79. The Labute approximate surface area is 137 Å². The van der Waals surface area contributed by atoms with Crippen LogP contribution in [0.2, 0.25) is 0 Å². The fraction of sp³-hybridized carbons (Fsp3) is 0.571. The highest BCUT2D eigenvalue weighted by Gasteiger charge is 2.49. The third-order valence-electron chi connectivity index (χ3n) is 4.54. The first-order chi connectivity index (χ1) is 10.5. The Morgan fingerprint density at radius 3 is 2.41 bits per heavy atom. The van der Waals surface area contributed by atoms with Crippen molar-refractivity contribution in [2.75, 3.05) is 32.5 Å². The topological polar surface area (TPSA) is 49.9 Å². The molecule has 120 valence electrons. The summed E-state index contributed by atoms with van der Waals surface area (Å²) in [4.78, 5) is 2.36. The fourth-order valence-electron chi connectivity index (χ4n) is 3.17. The summed E-state index contributed by atoms with van der Waals surface area (Å²) in [5.41, 5.74) is 0. The van der Waals surface area contributed by atoms with E-state index in [1.54, 1.807) is 47.4 Å². The van der Waals surface area contributed by atoms with E-state index in [2.05, 4.69) is 12.8 Å². The molecule has 2 aliphatic rings. The number of benzene rings is 1. The zero-order valence-corrected chi connectivity index (χ0v) is 14.6. The molecule has 0 unspecified atom stereocenters. The number of rotatable bonds is 3. The molecule has 0 aliphatic carbocycles. The van der Waals surface area contributed by atoms with Gasteiger partial charge in [0, 0.05) is 12.3 Å². The summed E-state index contributed by atoms with van der Waals surface area (Å²) in [6.07, 6.45) is 1.78. The lowest BCUT2D eigenvalue weighted by atomic mass is 10.0. The molecule has 3 rings (SSSR count). The van der Waals surface area contributed by atoms with Gasteiger partial charge in [0.1, 0.15) is 5.75 Å². The van der Waals surface area contributed by atoms with Crippen LogP contribution >= 0.6 is 11.8 Å². The Kier molecular flexibility index (Phi) is 4.46. The Bertz CT molecular complexity index is 628. The van der Waals surface area contributed by atoms with Crippen molar-refractivity contribution >= 4 is 29.8 Å². The molecule has 5 nitrogen and oxygen atoms in total. The summed E-state index contributed by atoms with van der Waals surface area (Å²) in [6.45, 7) is 2.49. The van der Waals surface area contributed by atoms with Crippen LogP contribution in [0.5, 0.6) is 5.75 Å². The van der Waals surface area contributed by atoms with Crippen LogP contribution in [-0.4, -0.2) is 62.9 Å². The summed E-state index contributed by atoms with van der Waals surface area (Å²) < 4.78 is 32.9. The van der Waals surface area contributed by atoms with Crippen LogP contribution in [0.1, 0.15) is 12.8 Å². The maximum atomic E-state index is 13.0. The molecule has 2 fully saturated rings. The maximum Gasteiger partial charge on any atom is 0.244 e. The van der Waals surface area contributed by atoms with E-state index in [4.69, 9.17) is 4.74 Å². The smallest absolute Gasteiger partial charge is 0.244 e. The van der Waals surface area contributed by atoms with Gasteiger partial charge in [-0.3, -0.25) is 0 Å². The molecule has 0 atom stereocenters. The Balaban J connectivity index is 1.90. The molecule has 2 heterocycles. The lowest BCUT2D eigenvalue weighted by molar-refractivity contribution is 0.209. The molecule has 0 aromatic heterocycles. The van der Waals surface area contributed by atoms with E-state index in [0.29, 0.717) is 17.2 Å². The Morgan fingerprint density at radius 2 is 1.82 bits per heavy atom. The van der Waals surface area contributed by atoms with Gasteiger partial charge in [0.05, 0.1) is 16.9 Å². The highest BCUT2D eigenvalue weighted by atomic mass is 32.2. The number of methoxy groups -OCH3 is 1. The van der Waals surface area contributed by atoms with Gasteiger partial charge in [-0.1, -0.05) is 0 Å². The quantitative estimate of drug-likeness (QED) is 0.761. The molecular weight excluding hydrogens is 319 g/mol. The first-order valence-electron chi connectivity index (χ1n) is 7.47. The van der Waals surface area contributed by atoms with Gasteiger partial charge in [0.2, 0.25) is 10.0 Å². The van der Waals surface area contributed by atoms with Crippen LogP contribution in [0, 0.1) is 0 Å². The van der Waals surface area contributed by atoms with Gasteiger partial charge in [-0.25, -0.2) is 8.42 Å². The predicted molar refractivity (Wildman–Crippen MR) is 91.4 cm³/mol. The highest BCUT2D eigenvalue weighted by Crippen LogP contribution is 2.46. The van der Waals surface area contributed by atoms with Crippen molar-refractivity contribution in [1.29, 1.82) is 0 Å². The van der Waals surface area contributed by atoms with Gasteiger partial charge in [-0.05, 0) is 50.2 Å². The molecule has 1 spiro atoms. The van der Waals surface area contributed by atoms with Crippen molar-refractivity contribution in [2.24, 2.45) is 0 Å². The van der Waals surface area contributed by atoms with Gasteiger partial charge >= 0.3 is 0 Å². The van der Waals surface area contributed by atoms with Crippen LogP contribution in [0.4, 0.5) is 0 Å². The molecular formula is C14H21BN2O3S2. The van der Waals surface area contributed by atoms with Crippen LogP contribution < -0.4 is 4.74 Å². The number of hydrogen-bond acceptors (Lipinski definition) is 5. The summed E-state index contributed by atoms with van der Waals surface area (Å²) in [6, 6.07) is 6.69. The van der Waals surface area contributed by atoms with Crippen molar-refractivity contribution < 1.29 is 13.2 Å². The first kappa shape index (κ1) is 16.2. The summed E-state index contributed by atoms with van der Waals surface area (Å²) in [5.74, 6) is 1.54. The standard InChI is InChI=1S/C14H21BN2O3S2/c1-20-12-2-4-13(5-3-12)22(18,19)17-10-11-21-14(17)6-8-16(15)9-7-14/h2-5H,6-11,15H2,1H3. The maximum absolute atomic E-state index is 13.0. The summed E-state index contributed by atoms with van der Waals surface area (Å²) in [7, 11) is 0.219. The monoisotopic (exact) mass is 340 g/mol. The van der Waals surface area contributed by atoms with Crippen LogP contribution in [0.25, 0.3) is 0 Å². The van der Waals surface area contributed by atoms with Gasteiger partial charge in [0.15, 0.2) is 7.98 Å². The van der Waals surface area contributed by atoms with E-state index in [-0.39, 0.29) is 4.87 Å². The Hall–Kier alpha value is -0.695. The van der Waals surface area contributed by atoms with E-state index in [0.717, 1.165) is 31.7 Å². The van der Waals surface area contributed by atoms with Crippen molar-refractivity contribution in [3.05, 3.63) is 24.3 Å². The third kappa shape index (κ3) is 2.77. The van der Waals surface area contributed by atoms with Crippen LogP contribution in [0.3, 0.4) is 0 Å². The number of nitrogens with zero attached hydrogens (tertiary/aromatic N) is 2. The molecule has 0 radical (unpaired) electrons. The zero-order chi connectivity index (χ0) is 15.8. The van der Waals surface area contributed by atoms with Crippen molar-refractivity contribution in [3.8, 4) is 5.75 Å². The summed E-state index contributed by atoms with van der Waals surface area (Å²) >= 11 is 1.80. The molecule has 8 heteroatoms. The zero-order valence-electron chi connectivity index (χ0n) is 13.0. The number of ether oxygens (including phenoxy) is 1. The predicted octanol–water partition coefficient (Wildman–Crippen LogP) is 0.773. The van der Waals surface area contributed by atoms with E-state index < -0.39 is 10.0 Å². The molecule has 0 saturated carbocycles. The normalized spacial score (nSPS) is 23.0. The number of piperidine rings is 1. The minimum Gasteiger partial charge on any atom is -0.497 e. The van der Waals surface area contributed by atoms with Gasteiger partial charge < -0.3 is 9.55 Å². The third-order valence-corrected chi connectivity index (χ3v) is 8.18. The molecule has 22 heavy (non-hydrogen) atoms. The highest BCUT2D eigenvalue weighted by molar-refractivity contribution is 8.02. The van der Waals surface area contributed by atoms with Gasteiger partial charge in [-0.15, -0.1) is 11.8 Å². The average Bonchev–Trinajstić information content (AvgIpc) is 2.95. The SMILES string of the molecule is BN1CCC2(CC1)SCCN2S(=O)(=O)c1ccc(OC)cc1. The lowest BCUT2D eigenvalue weighted by Gasteiger charge is -2.42. The van der Waals surface area contributed by atoms with E-state index in [1.807, 2.05) is 0 Å². The van der Waals surface area contributed by atoms with Crippen molar-refractivity contribution in [2.45, 2.75) is 22.6 Å². The lowest BCUT2D eigenvalue weighted by Crippen LogP contribution is -2.52. The van der Waals surface area contributed by atoms with Crippen molar-refractivity contribution in [1.82, 2.24) is 9.12 Å². The van der Waals surface area contributed by atoms with E-state index >= 15 is 0 Å². The average molecular weight is 340 g/mol. The number of hydrogen-bond donors (Lipinski definition) is 0. The second kappa shape index (κ2) is 6.07. The van der Waals surface area contributed by atoms with Crippen molar-refractivity contribution in [3.63, 3.8) is 0 Å². The first-order valence-corrected chi connectivity index (χ1v) is 9.90. The molecule has 1 aromatic carbocycles. The Morgan fingerprint density at radius 1 is 1.18 bits per heavy atom.